The van der Waals surface area contributed by atoms with Gasteiger partial charge in [0.15, 0.2) is 0 Å². The summed E-state index contributed by atoms with van der Waals surface area (Å²) in [6.07, 6.45) is 6.82. The minimum Gasteiger partial charge on any atom is -0.446 e. The second kappa shape index (κ2) is 6.63. The third-order valence-corrected chi connectivity index (χ3v) is 7.08. The summed E-state index contributed by atoms with van der Waals surface area (Å²) in [5.41, 5.74) is 0.0263. The summed E-state index contributed by atoms with van der Waals surface area (Å²) in [7, 11) is 0. The number of hydrogen-bond acceptors (Lipinski definition) is 6. The largest absolute Gasteiger partial charge is 0.446 e. The van der Waals surface area contributed by atoms with E-state index in [2.05, 4.69) is 16.4 Å². The van der Waals surface area contributed by atoms with Gasteiger partial charge < -0.3 is 20.1 Å². The number of ether oxygens (including phenoxy) is 1. The third kappa shape index (κ3) is 3.20. The smallest absolute Gasteiger partial charge is 0.410 e. The molecular formula is C21H26N4O3. The number of nitrogens with one attached hydrogen (secondary N) is 1. The van der Waals surface area contributed by atoms with Gasteiger partial charge in [0.1, 0.15) is 18.0 Å². The Morgan fingerprint density at radius 3 is 2.75 bits per heavy atom. The van der Waals surface area contributed by atoms with Crippen molar-refractivity contribution in [2.24, 2.45) is 17.8 Å². The van der Waals surface area contributed by atoms with Crippen molar-refractivity contribution in [3.63, 3.8) is 0 Å². The highest BCUT2D eigenvalue weighted by molar-refractivity contribution is 5.68. The molecule has 0 aromatic carbocycles. The Bertz CT molecular complexity index is 789. The summed E-state index contributed by atoms with van der Waals surface area (Å²) in [6.45, 7) is 1.26. The van der Waals surface area contributed by atoms with Crippen molar-refractivity contribution in [3.8, 4) is 6.07 Å². The van der Waals surface area contributed by atoms with Gasteiger partial charge in [-0.15, -0.1) is 0 Å². The molecule has 5 aliphatic rings. The lowest BCUT2D eigenvalue weighted by Crippen LogP contribution is -2.58. The molecule has 6 rings (SSSR count). The van der Waals surface area contributed by atoms with Crippen LogP contribution in [0.25, 0.3) is 0 Å². The molecule has 0 spiro atoms. The van der Waals surface area contributed by atoms with Gasteiger partial charge in [-0.2, -0.15) is 5.26 Å². The van der Waals surface area contributed by atoms with Gasteiger partial charge in [0.2, 0.25) is 0 Å². The van der Waals surface area contributed by atoms with Crippen molar-refractivity contribution < 1.29 is 14.6 Å². The molecule has 4 saturated carbocycles. The maximum absolute atomic E-state index is 12.8. The molecule has 28 heavy (non-hydrogen) atoms. The first kappa shape index (κ1) is 17.7. The molecule has 2 heterocycles. The molecule has 1 aromatic heterocycles. The molecule has 5 fully saturated rings. The third-order valence-electron chi connectivity index (χ3n) is 7.08. The van der Waals surface area contributed by atoms with Crippen molar-refractivity contribution in [1.29, 1.82) is 5.26 Å². The summed E-state index contributed by atoms with van der Waals surface area (Å²) in [5, 5.41) is 22.9. The molecule has 3 unspecified atom stereocenters. The van der Waals surface area contributed by atoms with Crippen LogP contribution in [0.2, 0.25) is 0 Å². The number of carbonyl (C=O) groups excluding carboxylic acids is 1. The monoisotopic (exact) mass is 382 g/mol. The van der Waals surface area contributed by atoms with Crippen molar-refractivity contribution in [2.75, 3.05) is 18.4 Å². The van der Waals surface area contributed by atoms with E-state index in [1.165, 1.54) is 0 Å². The van der Waals surface area contributed by atoms with E-state index >= 15 is 0 Å². The fourth-order valence-corrected chi connectivity index (χ4v) is 6.12. The number of nitrogens with zero attached hydrogens (tertiary/aromatic N) is 3. The van der Waals surface area contributed by atoms with Gasteiger partial charge in [-0.25, -0.2) is 9.78 Å². The van der Waals surface area contributed by atoms with Gasteiger partial charge in [-0.1, -0.05) is 0 Å². The summed E-state index contributed by atoms with van der Waals surface area (Å²) in [6, 6.07) is 5.71. The molecule has 1 amide bonds. The molecule has 3 atom stereocenters. The number of anilines is 1. The molecule has 4 bridgehead atoms. The van der Waals surface area contributed by atoms with Crippen LogP contribution < -0.4 is 5.32 Å². The summed E-state index contributed by atoms with van der Waals surface area (Å²) in [5.74, 6) is 1.96. The maximum atomic E-state index is 12.8. The van der Waals surface area contributed by atoms with Crippen LogP contribution in [-0.2, 0) is 4.74 Å². The summed E-state index contributed by atoms with van der Waals surface area (Å²) in [4.78, 5) is 18.8. The highest BCUT2D eigenvalue weighted by Gasteiger charge is 2.56. The summed E-state index contributed by atoms with van der Waals surface area (Å²) >= 11 is 0. The zero-order chi connectivity index (χ0) is 19.3. The predicted octanol–water partition coefficient (Wildman–Crippen LogP) is 2.52. The van der Waals surface area contributed by atoms with Crippen LogP contribution in [0.5, 0.6) is 0 Å². The number of pyridine rings is 1. The molecule has 148 valence electrons. The number of likely N-dealkylation sites (tertiary alicyclic amines) is 1. The number of hydrogen-bond donors (Lipinski definition) is 2. The van der Waals surface area contributed by atoms with Gasteiger partial charge in [-0.3, -0.25) is 0 Å². The van der Waals surface area contributed by atoms with E-state index in [9.17, 15) is 9.90 Å². The quantitative estimate of drug-likeness (QED) is 0.833. The van der Waals surface area contributed by atoms with Crippen LogP contribution in [-0.4, -0.2) is 51.9 Å². The fourth-order valence-electron chi connectivity index (χ4n) is 6.12. The van der Waals surface area contributed by atoms with E-state index in [-0.39, 0.29) is 18.2 Å². The highest BCUT2D eigenvalue weighted by atomic mass is 16.6. The lowest BCUT2D eigenvalue weighted by molar-refractivity contribution is -0.177. The molecule has 0 radical (unpaired) electrons. The van der Waals surface area contributed by atoms with Gasteiger partial charge in [0.25, 0.3) is 0 Å². The SMILES string of the molecule is N#Cc1ccc(NC2CCN(C(=O)OC3C4CC5CC3CC(O)(C5)C4)C2)nc1. The zero-order valence-electron chi connectivity index (χ0n) is 15.9. The maximum Gasteiger partial charge on any atom is 0.410 e. The van der Waals surface area contributed by atoms with E-state index < -0.39 is 5.60 Å². The van der Waals surface area contributed by atoms with E-state index in [0.29, 0.717) is 42.2 Å². The normalized spacial score (nSPS) is 38.3. The first-order chi connectivity index (χ1) is 13.5. The average molecular weight is 382 g/mol. The number of aliphatic hydroxyl groups is 1. The lowest BCUT2D eigenvalue weighted by Gasteiger charge is -2.57. The number of nitriles is 1. The van der Waals surface area contributed by atoms with Gasteiger partial charge in [0.05, 0.1) is 11.2 Å². The van der Waals surface area contributed by atoms with E-state index in [4.69, 9.17) is 10.00 Å². The van der Waals surface area contributed by atoms with Crippen molar-refractivity contribution in [3.05, 3.63) is 23.9 Å². The first-order valence-corrected chi connectivity index (χ1v) is 10.3. The zero-order valence-corrected chi connectivity index (χ0v) is 15.9. The Kier molecular flexibility index (Phi) is 4.20. The van der Waals surface area contributed by atoms with Gasteiger partial charge >= 0.3 is 6.09 Å². The van der Waals surface area contributed by atoms with Crippen LogP contribution in [0.4, 0.5) is 10.6 Å². The Hall–Kier alpha value is -2.33. The molecule has 7 nitrogen and oxygen atoms in total. The van der Waals surface area contributed by atoms with Crippen LogP contribution in [0, 0.1) is 29.1 Å². The molecule has 7 heteroatoms. The number of aromatic nitrogens is 1. The Balaban J connectivity index is 1.16. The Morgan fingerprint density at radius 2 is 2.11 bits per heavy atom. The first-order valence-electron chi connectivity index (χ1n) is 10.3. The minimum atomic E-state index is -0.504. The van der Waals surface area contributed by atoms with Crippen molar-refractivity contribution >= 4 is 11.9 Å². The standard InChI is InChI=1S/C21H26N4O3/c22-10-13-1-2-18(23-11-13)24-17-3-4-25(12-17)20(26)28-19-15-5-14-6-16(19)9-21(27,7-14)8-15/h1-2,11,14-17,19,27H,3-9,12H2,(H,23,24). The number of carbonyl (C=O) groups is 1. The molecule has 1 aliphatic heterocycles. The highest BCUT2D eigenvalue weighted by Crippen LogP contribution is 2.56. The van der Waals surface area contributed by atoms with Crippen LogP contribution in [0.15, 0.2) is 18.3 Å². The second-order valence-corrected chi connectivity index (χ2v) is 9.16. The average Bonchev–Trinajstić information content (AvgIpc) is 3.12. The lowest BCUT2D eigenvalue weighted by atomic mass is 9.53. The molecule has 2 N–H and O–H groups in total. The molecular weight excluding hydrogens is 356 g/mol. The van der Waals surface area contributed by atoms with E-state index in [1.54, 1.807) is 23.2 Å². The van der Waals surface area contributed by atoms with Crippen LogP contribution in [0.1, 0.15) is 44.1 Å². The van der Waals surface area contributed by atoms with E-state index in [0.717, 1.165) is 38.5 Å². The second-order valence-electron chi connectivity index (χ2n) is 9.16. The molecule has 1 aromatic rings. The fraction of sp³-hybridized carbons (Fsp3) is 0.667. The number of amides is 1. The predicted molar refractivity (Wildman–Crippen MR) is 101 cm³/mol. The minimum absolute atomic E-state index is 0.0310. The summed E-state index contributed by atoms with van der Waals surface area (Å²) < 4.78 is 5.98. The van der Waals surface area contributed by atoms with Crippen LogP contribution in [0.3, 0.4) is 0 Å². The topological polar surface area (TPSA) is 98.5 Å². The van der Waals surface area contributed by atoms with Crippen molar-refractivity contribution in [1.82, 2.24) is 9.88 Å². The van der Waals surface area contributed by atoms with Crippen LogP contribution >= 0.6 is 0 Å². The van der Waals surface area contributed by atoms with E-state index in [1.807, 2.05) is 0 Å². The van der Waals surface area contributed by atoms with Gasteiger partial charge in [0, 0.05) is 25.3 Å². The Morgan fingerprint density at radius 1 is 1.32 bits per heavy atom. The molecule has 4 aliphatic carbocycles. The van der Waals surface area contributed by atoms with Crippen molar-refractivity contribution in [2.45, 2.75) is 56.3 Å². The molecule has 1 saturated heterocycles. The number of rotatable bonds is 3. The van der Waals surface area contributed by atoms with Gasteiger partial charge in [-0.05, 0) is 68.4 Å². The Labute approximate surface area is 164 Å².